The fraction of sp³-hybridized carbons (Fsp3) is 0.538. The molecule has 1 aliphatic heterocycles. The molecule has 0 atom stereocenters. The van der Waals surface area contributed by atoms with Crippen molar-refractivity contribution >= 4 is 5.97 Å². The number of alkyl halides is 3. The van der Waals surface area contributed by atoms with Crippen LogP contribution >= 0.6 is 0 Å². The van der Waals surface area contributed by atoms with Crippen LogP contribution < -0.4 is 4.74 Å². The van der Waals surface area contributed by atoms with Crippen molar-refractivity contribution in [3.05, 3.63) is 23.4 Å². The minimum absolute atomic E-state index is 0.324. The van der Waals surface area contributed by atoms with Gasteiger partial charge in [-0.1, -0.05) is 0 Å². The molecule has 1 fully saturated rings. The number of aromatic carboxylic acids is 1. The average Bonchev–Trinajstić information content (AvgIpc) is 2.40. The van der Waals surface area contributed by atoms with Crippen molar-refractivity contribution in [1.29, 1.82) is 0 Å². The fourth-order valence-electron chi connectivity index (χ4n) is 2.11. The van der Waals surface area contributed by atoms with Crippen LogP contribution in [-0.2, 0) is 6.18 Å². The van der Waals surface area contributed by atoms with Gasteiger partial charge in [0.05, 0.1) is 0 Å². The van der Waals surface area contributed by atoms with Crippen LogP contribution in [-0.4, -0.2) is 47.2 Å². The quantitative estimate of drug-likeness (QED) is 0.928. The van der Waals surface area contributed by atoms with Crippen molar-refractivity contribution in [2.75, 3.05) is 20.1 Å². The van der Waals surface area contributed by atoms with E-state index in [9.17, 15) is 18.0 Å². The number of carboxylic acid groups (broad SMARTS) is 1. The van der Waals surface area contributed by atoms with Gasteiger partial charge in [-0.2, -0.15) is 13.2 Å². The zero-order chi connectivity index (χ0) is 15.6. The number of piperidine rings is 1. The maximum atomic E-state index is 12.7. The summed E-state index contributed by atoms with van der Waals surface area (Å²) in [6.07, 6.45) is -3.72. The van der Waals surface area contributed by atoms with Gasteiger partial charge in [-0.15, -0.1) is 0 Å². The minimum atomic E-state index is -4.64. The van der Waals surface area contributed by atoms with Gasteiger partial charge in [-0.25, -0.2) is 9.78 Å². The molecular weight excluding hydrogens is 289 g/mol. The number of likely N-dealkylation sites (tertiary alicyclic amines) is 1. The number of hydrogen-bond donors (Lipinski definition) is 1. The second-order valence-corrected chi connectivity index (χ2v) is 4.97. The van der Waals surface area contributed by atoms with Crippen LogP contribution in [0, 0.1) is 0 Å². The van der Waals surface area contributed by atoms with Gasteiger partial charge >= 0.3 is 12.1 Å². The number of ether oxygens (including phenoxy) is 1. The van der Waals surface area contributed by atoms with E-state index in [0.29, 0.717) is 18.9 Å². The van der Waals surface area contributed by atoms with E-state index in [4.69, 9.17) is 9.84 Å². The Bertz CT molecular complexity index is 526. The molecule has 1 aromatic rings. The smallest absolute Gasteiger partial charge is 0.433 e. The molecule has 5 nitrogen and oxygen atoms in total. The van der Waals surface area contributed by atoms with Gasteiger partial charge in [0.2, 0.25) is 5.88 Å². The van der Waals surface area contributed by atoms with Gasteiger partial charge < -0.3 is 14.7 Å². The maximum Gasteiger partial charge on any atom is 0.433 e. The first-order valence-electron chi connectivity index (χ1n) is 6.44. The lowest BCUT2D eigenvalue weighted by molar-refractivity contribution is -0.141. The van der Waals surface area contributed by atoms with Gasteiger partial charge in [0.15, 0.2) is 0 Å². The summed E-state index contributed by atoms with van der Waals surface area (Å²) < 4.78 is 43.4. The van der Waals surface area contributed by atoms with Crippen LogP contribution in [0.2, 0.25) is 0 Å². The topological polar surface area (TPSA) is 62.7 Å². The Morgan fingerprint density at radius 1 is 1.38 bits per heavy atom. The predicted octanol–water partition coefficient (Wildman–Crippen LogP) is 2.27. The molecule has 21 heavy (non-hydrogen) atoms. The normalized spacial score (nSPS) is 17.7. The molecule has 2 heterocycles. The molecule has 0 spiro atoms. The lowest BCUT2D eigenvalue weighted by atomic mass is 10.1. The summed E-state index contributed by atoms with van der Waals surface area (Å²) in [6.45, 7) is 1.48. The molecular formula is C13H15F3N2O3. The summed E-state index contributed by atoms with van der Waals surface area (Å²) in [7, 11) is 1.93. The van der Waals surface area contributed by atoms with Crippen LogP contribution in [0.3, 0.4) is 0 Å². The highest BCUT2D eigenvalue weighted by molar-refractivity contribution is 5.90. The number of pyridine rings is 1. The Morgan fingerprint density at radius 3 is 2.52 bits per heavy atom. The summed E-state index contributed by atoms with van der Waals surface area (Å²) in [5, 5.41) is 9.02. The lowest BCUT2D eigenvalue weighted by Gasteiger charge is -2.29. The van der Waals surface area contributed by atoms with E-state index in [1.807, 2.05) is 7.05 Å². The Labute approximate surface area is 119 Å². The Morgan fingerprint density at radius 2 is 2.00 bits per heavy atom. The third-order valence-corrected chi connectivity index (χ3v) is 3.33. The van der Waals surface area contributed by atoms with Crippen molar-refractivity contribution in [2.45, 2.75) is 25.1 Å². The molecule has 0 radical (unpaired) electrons. The summed E-state index contributed by atoms with van der Waals surface area (Å²) in [6, 6.07) is 1.52. The molecule has 0 aromatic carbocycles. The van der Waals surface area contributed by atoms with Gasteiger partial charge in [-0.05, 0) is 32.0 Å². The number of nitrogens with zero attached hydrogens (tertiary/aromatic N) is 2. The monoisotopic (exact) mass is 304 g/mol. The third kappa shape index (κ3) is 3.84. The summed E-state index contributed by atoms with van der Waals surface area (Å²) >= 11 is 0. The molecule has 1 aliphatic rings. The molecule has 8 heteroatoms. The van der Waals surface area contributed by atoms with Crippen molar-refractivity contribution < 1.29 is 27.8 Å². The Hall–Kier alpha value is -1.83. The zero-order valence-corrected chi connectivity index (χ0v) is 11.4. The number of carbonyl (C=O) groups is 1. The molecule has 2 rings (SSSR count). The highest BCUT2D eigenvalue weighted by atomic mass is 19.4. The summed E-state index contributed by atoms with van der Waals surface area (Å²) in [5.41, 5.74) is -1.52. The third-order valence-electron chi connectivity index (χ3n) is 3.33. The highest BCUT2D eigenvalue weighted by Gasteiger charge is 2.34. The Kier molecular flexibility index (Phi) is 4.36. The van der Waals surface area contributed by atoms with Crippen molar-refractivity contribution in [3.63, 3.8) is 0 Å². The first-order chi connectivity index (χ1) is 9.77. The van der Waals surface area contributed by atoms with Crippen LogP contribution in [0.15, 0.2) is 12.1 Å². The minimum Gasteiger partial charge on any atom is -0.477 e. The standard InChI is InChI=1S/C13H15F3N2O3/c1-18-6-4-8(5-7-18)21-11-9(12(19)20)2-3-10(17-11)13(14,15)16/h2-3,8H,4-7H2,1H3,(H,19,20). The molecule has 0 aliphatic carbocycles. The van der Waals surface area contributed by atoms with E-state index in [2.05, 4.69) is 9.88 Å². The van der Waals surface area contributed by atoms with Gasteiger partial charge in [-0.3, -0.25) is 0 Å². The van der Waals surface area contributed by atoms with Gasteiger partial charge in [0.1, 0.15) is 17.4 Å². The molecule has 1 aromatic heterocycles. The summed E-state index contributed by atoms with van der Waals surface area (Å²) in [4.78, 5) is 16.5. The molecule has 116 valence electrons. The molecule has 0 bridgehead atoms. The molecule has 0 amide bonds. The lowest BCUT2D eigenvalue weighted by Crippen LogP contribution is -2.36. The highest BCUT2D eigenvalue weighted by Crippen LogP contribution is 2.31. The van der Waals surface area contributed by atoms with Crippen LogP contribution in [0.25, 0.3) is 0 Å². The molecule has 1 N–H and O–H groups in total. The maximum absolute atomic E-state index is 12.7. The predicted molar refractivity (Wildman–Crippen MR) is 67.3 cm³/mol. The van der Waals surface area contributed by atoms with Gasteiger partial charge in [0, 0.05) is 13.1 Å². The van der Waals surface area contributed by atoms with Crippen LogP contribution in [0.5, 0.6) is 5.88 Å². The van der Waals surface area contributed by atoms with Crippen LogP contribution in [0.4, 0.5) is 13.2 Å². The van der Waals surface area contributed by atoms with E-state index in [1.54, 1.807) is 0 Å². The van der Waals surface area contributed by atoms with Gasteiger partial charge in [0.25, 0.3) is 0 Å². The van der Waals surface area contributed by atoms with Crippen molar-refractivity contribution in [1.82, 2.24) is 9.88 Å². The van der Waals surface area contributed by atoms with Crippen molar-refractivity contribution in [3.8, 4) is 5.88 Å². The average molecular weight is 304 g/mol. The summed E-state index contributed by atoms with van der Waals surface area (Å²) in [5.74, 6) is -1.83. The van der Waals surface area contributed by atoms with E-state index in [1.165, 1.54) is 0 Å². The number of rotatable bonds is 3. The van der Waals surface area contributed by atoms with E-state index < -0.39 is 23.7 Å². The second-order valence-electron chi connectivity index (χ2n) is 4.97. The molecule has 0 saturated carbocycles. The van der Waals surface area contributed by atoms with E-state index >= 15 is 0 Å². The number of carboxylic acids is 1. The molecule has 1 saturated heterocycles. The van der Waals surface area contributed by atoms with E-state index in [0.717, 1.165) is 19.2 Å². The zero-order valence-electron chi connectivity index (χ0n) is 11.4. The fourth-order valence-corrected chi connectivity index (χ4v) is 2.11. The Balaban J connectivity index is 2.24. The van der Waals surface area contributed by atoms with E-state index in [-0.39, 0.29) is 11.7 Å². The van der Waals surface area contributed by atoms with Crippen LogP contribution in [0.1, 0.15) is 28.9 Å². The number of halogens is 3. The SMILES string of the molecule is CN1CCC(Oc2nc(C(F)(F)F)ccc2C(=O)O)CC1. The largest absolute Gasteiger partial charge is 0.477 e. The van der Waals surface area contributed by atoms with Crippen molar-refractivity contribution in [2.24, 2.45) is 0 Å². The molecule has 0 unspecified atom stereocenters. The first-order valence-corrected chi connectivity index (χ1v) is 6.44. The number of aromatic nitrogens is 1. The first kappa shape index (κ1) is 15.6. The second kappa shape index (κ2) is 5.88. The number of hydrogen-bond acceptors (Lipinski definition) is 4.